The lowest BCUT2D eigenvalue weighted by molar-refractivity contribution is -0.141. The highest BCUT2D eigenvalue weighted by atomic mass is 16.5. The molecule has 14 heavy (non-hydrogen) atoms. The van der Waals surface area contributed by atoms with Gasteiger partial charge in [0.25, 0.3) is 0 Å². The van der Waals surface area contributed by atoms with Crippen LogP contribution in [0, 0.1) is 17.2 Å². The molecule has 0 unspecified atom stereocenters. The average molecular weight is 197 g/mol. The first-order valence-corrected chi connectivity index (χ1v) is 4.23. The zero-order valence-corrected chi connectivity index (χ0v) is 7.47. The largest absolute Gasteiger partial charge is 0.481 e. The van der Waals surface area contributed by atoms with E-state index in [1.54, 1.807) is 12.2 Å². The Morgan fingerprint density at radius 2 is 2.29 bits per heavy atom. The zero-order chi connectivity index (χ0) is 10.6. The molecule has 5 heteroatoms. The molecule has 0 saturated carbocycles. The lowest BCUT2D eigenvalue weighted by atomic mass is 10.0. The highest BCUT2D eigenvalue weighted by Gasteiger charge is 2.26. The van der Waals surface area contributed by atoms with E-state index in [0.29, 0.717) is 12.8 Å². The third-order valence-electron chi connectivity index (χ3n) is 2.11. The summed E-state index contributed by atoms with van der Waals surface area (Å²) in [6, 6.07) is 0. The summed E-state index contributed by atoms with van der Waals surface area (Å²) in [5.74, 6) is -1.94. The number of carbonyl (C=O) groups excluding carboxylic acids is 1. The average Bonchev–Trinajstić information content (AvgIpc) is 2.53. The fraction of sp³-hybridized carbons (Fsp3) is 0.444. The minimum atomic E-state index is -0.871. The third kappa shape index (κ3) is 2.69. The number of rotatable bonds is 4. The van der Waals surface area contributed by atoms with Crippen molar-refractivity contribution in [1.29, 1.82) is 5.41 Å². The lowest BCUT2D eigenvalue weighted by Gasteiger charge is -2.06. The molecule has 2 atom stereocenters. The molecule has 0 aromatic heterocycles. The van der Waals surface area contributed by atoms with Crippen LogP contribution in [0.5, 0.6) is 0 Å². The summed E-state index contributed by atoms with van der Waals surface area (Å²) in [6.07, 6.45) is 4.45. The number of hydrogen-bond donors (Lipinski definition) is 2. The van der Waals surface area contributed by atoms with Crippen LogP contribution in [0.1, 0.15) is 12.8 Å². The van der Waals surface area contributed by atoms with Crippen LogP contribution >= 0.6 is 0 Å². The fourth-order valence-corrected chi connectivity index (χ4v) is 1.44. The maximum Gasteiger partial charge on any atom is 0.312 e. The van der Waals surface area contributed by atoms with Gasteiger partial charge in [0.05, 0.1) is 12.3 Å². The van der Waals surface area contributed by atoms with Crippen LogP contribution in [0.4, 0.5) is 0 Å². The molecule has 2 N–H and O–H groups in total. The highest BCUT2D eigenvalue weighted by Crippen LogP contribution is 2.26. The van der Waals surface area contributed by atoms with Crippen molar-refractivity contribution in [2.24, 2.45) is 11.8 Å². The van der Waals surface area contributed by atoms with Gasteiger partial charge in [-0.3, -0.25) is 15.0 Å². The molecule has 0 heterocycles. The van der Waals surface area contributed by atoms with Gasteiger partial charge in [0.15, 0.2) is 6.40 Å². The van der Waals surface area contributed by atoms with Crippen LogP contribution in [0.3, 0.4) is 0 Å². The van der Waals surface area contributed by atoms with Crippen molar-refractivity contribution in [3.05, 3.63) is 12.2 Å². The maximum atomic E-state index is 10.9. The van der Waals surface area contributed by atoms with Gasteiger partial charge < -0.3 is 9.84 Å². The molecular weight excluding hydrogens is 186 g/mol. The van der Waals surface area contributed by atoms with Crippen molar-refractivity contribution in [2.75, 3.05) is 0 Å². The monoisotopic (exact) mass is 197 g/mol. The van der Waals surface area contributed by atoms with E-state index in [1.807, 2.05) is 0 Å². The van der Waals surface area contributed by atoms with Gasteiger partial charge in [-0.2, -0.15) is 0 Å². The number of carbonyl (C=O) groups is 2. The van der Waals surface area contributed by atoms with Crippen molar-refractivity contribution in [3.63, 3.8) is 0 Å². The van der Waals surface area contributed by atoms with Crippen molar-refractivity contribution in [2.45, 2.75) is 12.8 Å². The third-order valence-corrected chi connectivity index (χ3v) is 2.11. The Bertz CT molecular complexity index is 285. The smallest absolute Gasteiger partial charge is 0.312 e. The number of ether oxygens (including phenoxy) is 1. The van der Waals surface area contributed by atoms with Gasteiger partial charge in [0, 0.05) is 0 Å². The molecule has 0 radical (unpaired) electrons. The summed E-state index contributed by atoms with van der Waals surface area (Å²) < 4.78 is 4.32. The van der Waals surface area contributed by atoms with E-state index in [0.717, 1.165) is 0 Å². The first-order chi connectivity index (χ1) is 6.63. The molecule has 0 spiro atoms. The lowest BCUT2D eigenvalue weighted by Crippen LogP contribution is -2.13. The molecular formula is C9H11NO4. The van der Waals surface area contributed by atoms with Crippen LogP contribution in [0.2, 0.25) is 0 Å². The predicted octanol–water partition coefficient (Wildman–Crippen LogP) is 0.804. The molecule has 0 fully saturated rings. The number of allylic oxidation sites excluding steroid dienone is 1. The Morgan fingerprint density at radius 1 is 1.57 bits per heavy atom. The zero-order valence-electron chi connectivity index (χ0n) is 7.47. The molecule has 0 bridgehead atoms. The number of esters is 1. The summed E-state index contributed by atoms with van der Waals surface area (Å²) in [5.41, 5.74) is 0. The van der Waals surface area contributed by atoms with Gasteiger partial charge in [0.2, 0.25) is 0 Å². The Labute approximate surface area is 80.9 Å². The molecule has 1 rings (SSSR count). The molecule has 76 valence electrons. The highest BCUT2D eigenvalue weighted by molar-refractivity contribution is 5.78. The SMILES string of the molecule is N=COC(=O)C[C@H]1C=C[C@@H](C(=O)O)C1. The van der Waals surface area contributed by atoms with Crippen molar-refractivity contribution in [1.82, 2.24) is 0 Å². The second-order valence-corrected chi connectivity index (χ2v) is 3.14. The van der Waals surface area contributed by atoms with Gasteiger partial charge in [-0.1, -0.05) is 12.2 Å². The van der Waals surface area contributed by atoms with E-state index in [2.05, 4.69) is 4.74 Å². The second-order valence-electron chi connectivity index (χ2n) is 3.14. The summed E-state index contributed by atoms with van der Waals surface area (Å²) >= 11 is 0. The predicted molar refractivity (Wildman–Crippen MR) is 47.9 cm³/mol. The molecule has 1 aliphatic rings. The van der Waals surface area contributed by atoms with Gasteiger partial charge >= 0.3 is 11.9 Å². The normalized spacial score (nSPS) is 24.6. The summed E-state index contributed by atoms with van der Waals surface area (Å²) in [5, 5.41) is 15.2. The number of hydrogen-bond acceptors (Lipinski definition) is 4. The Kier molecular flexibility index (Phi) is 3.39. The summed E-state index contributed by atoms with van der Waals surface area (Å²) in [4.78, 5) is 21.5. The van der Waals surface area contributed by atoms with E-state index >= 15 is 0 Å². The van der Waals surface area contributed by atoms with Crippen LogP contribution in [-0.4, -0.2) is 23.4 Å². The topological polar surface area (TPSA) is 87.5 Å². The Balaban J connectivity index is 2.37. The van der Waals surface area contributed by atoms with Gasteiger partial charge in [-0.25, -0.2) is 0 Å². The number of aliphatic carboxylic acids is 1. The molecule has 0 aliphatic heterocycles. The summed E-state index contributed by atoms with van der Waals surface area (Å²) in [7, 11) is 0. The van der Waals surface area contributed by atoms with Crippen molar-refractivity contribution >= 4 is 18.3 Å². The van der Waals surface area contributed by atoms with Gasteiger partial charge in [0.1, 0.15) is 0 Å². The van der Waals surface area contributed by atoms with E-state index in [9.17, 15) is 9.59 Å². The van der Waals surface area contributed by atoms with E-state index in [1.165, 1.54) is 0 Å². The minimum Gasteiger partial charge on any atom is -0.481 e. The first-order valence-electron chi connectivity index (χ1n) is 4.23. The first kappa shape index (κ1) is 10.4. The van der Waals surface area contributed by atoms with Crippen LogP contribution in [-0.2, 0) is 14.3 Å². The van der Waals surface area contributed by atoms with Crippen LogP contribution in [0.15, 0.2) is 12.2 Å². The second kappa shape index (κ2) is 4.55. The molecule has 1 aliphatic carbocycles. The number of nitrogens with one attached hydrogen (secondary N) is 1. The molecule has 0 aromatic rings. The quantitative estimate of drug-likeness (QED) is 0.302. The number of carboxylic acid groups (broad SMARTS) is 1. The van der Waals surface area contributed by atoms with E-state index in [4.69, 9.17) is 10.5 Å². The standard InChI is InChI=1S/C9H11NO4/c10-5-14-8(11)4-6-1-2-7(3-6)9(12)13/h1-2,5-7,10H,3-4H2,(H,12,13)/t6-,7+/m0/s1. The van der Waals surface area contributed by atoms with Crippen LogP contribution < -0.4 is 0 Å². The summed E-state index contributed by atoms with van der Waals surface area (Å²) in [6.45, 7) is 0. The van der Waals surface area contributed by atoms with Gasteiger partial charge in [-0.15, -0.1) is 0 Å². The molecule has 0 amide bonds. The molecule has 5 nitrogen and oxygen atoms in total. The number of carboxylic acids is 1. The van der Waals surface area contributed by atoms with E-state index < -0.39 is 17.9 Å². The Hall–Kier alpha value is -1.65. The van der Waals surface area contributed by atoms with E-state index in [-0.39, 0.29) is 12.3 Å². The Morgan fingerprint density at radius 3 is 2.79 bits per heavy atom. The van der Waals surface area contributed by atoms with Crippen molar-refractivity contribution in [3.8, 4) is 0 Å². The minimum absolute atomic E-state index is 0.0800. The van der Waals surface area contributed by atoms with Gasteiger partial charge in [-0.05, 0) is 12.3 Å². The maximum absolute atomic E-state index is 10.9. The van der Waals surface area contributed by atoms with Crippen LogP contribution in [0.25, 0.3) is 0 Å². The van der Waals surface area contributed by atoms with Crippen molar-refractivity contribution < 1.29 is 19.4 Å². The molecule has 0 aromatic carbocycles. The fourth-order valence-electron chi connectivity index (χ4n) is 1.44. The molecule has 0 saturated heterocycles.